The third-order valence-electron chi connectivity index (χ3n) is 2.70. The first-order valence-corrected chi connectivity index (χ1v) is 6.78. The minimum atomic E-state index is -0.288. The van der Waals surface area contributed by atoms with Gasteiger partial charge in [0.25, 0.3) is 0 Å². The predicted molar refractivity (Wildman–Crippen MR) is 77.6 cm³/mol. The molecule has 0 aromatic heterocycles. The molecule has 0 fully saturated rings. The maximum atomic E-state index is 13.1. The molecule has 2 nitrogen and oxygen atoms in total. The number of hydrogen-bond donors (Lipinski definition) is 1. The summed E-state index contributed by atoms with van der Waals surface area (Å²) in [6, 6.07) is 12.8. The summed E-state index contributed by atoms with van der Waals surface area (Å²) in [5.41, 5.74) is 2.32. The van der Waals surface area contributed by atoms with E-state index in [1.54, 1.807) is 12.1 Å². The molecule has 0 radical (unpaired) electrons. The van der Waals surface area contributed by atoms with Gasteiger partial charge in [0.1, 0.15) is 18.2 Å². The Morgan fingerprint density at radius 3 is 2.42 bits per heavy atom. The van der Waals surface area contributed by atoms with E-state index in [4.69, 9.17) is 4.74 Å². The fourth-order valence-electron chi connectivity index (χ4n) is 1.69. The minimum Gasteiger partial charge on any atom is -0.489 e. The highest BCUT2D eigenvalue weighted by Gasteiger charge is 2.02. The molecular weight excluding hydrogens is 309 g/mol. The van der Waals surface area contributed by atoms with Crippen LogP contribution in [0.3, 0.4) is 0 Å². The van der Waals surface area contributed by atoms with Crippen LogP contribution in [0.5, 0.6) is 5.75 Å². The third-order valence-corrected chi connectivity index (χ3v) is 3.31. The largest absolute Gasteiger partial charge is 0.489 e. The molecule has 0 saturated heterocycles. The van der Waals surface area contributed by atoms with Crippen molar-refractivity contribution in [3.05, 3.63) is 63.9 Å². The van der Waals surface area contributed by atoms with Crippen molar-refractivity contribution in [3.63, 3.8) is 0 Å². The first-order valence-electron chi connectivity index (χ1n) is 5.99. The number of hydrogen-bond acceptors (Lipinski definition) is 2. The molecule has 100 valence electrons. The lowest BCUT2D eigenvalue weighted by Crippen LogP contribution is -2.05. The maximum Gasteiger partial charge on any atom is 0.137 e. The molecule has 19 heavy (non-hydrogen) atoms. The Hall–Kier alpha value is -1.39. The molecule has 0 aliphatic rings. The van der Waals surface area contributed by atoms with Crippen LogP contribution in [-0.4, -0.2) is 7.05 Å². The summed E-state index contributed by atoms with van der Waals surface area (Å²) < 4.78 is 19.1. The summed E-state index contributed by atoms with van der Waals surface area (Å²) in [6.45, 7) is 1.32. The van der Waals surface area contributed by atoms with Crippen molar-refractivity contribution >= 4 is 15.9 Å². The van der Waals surface area contributed by atoms with Gasteiger partial charge in [0.05, 0.1) is 4.47 Å². The van der Waals surface area contributed by atoms with E-state index in [0.717, 1.165) is 12.1 Å². The highest BCUT2D eigenvalue weighted by atomic mass is 79.9. The van der Waals surface area contributed by atoms with Gasteiger partial charge in [0.15, 0.2) is 0 Å². The van der Waals surface area contributed by atoms with Crippen LogP contribution in [0.15, 0.2) is 46.9 Å². The van der Waals surface area contributed by atoms with Gasteiger partial charge in [-0.25, -0.2) is 4.39 Å². The fraction of sp³-hybridized carbons (Fsp3) is 0.200. The van der Waals surface area contributed by atoms with E-state index in [0.29, 0.717) is 16.8 Å². The highest BCUT2D eigenvalue weighted by Crippen LogP contribution is 2.22. The summed E-state index contributed by atoms with van der Waals surface area (Å²) >= 11 is 3.14. The number of ether oxygens (including phenoxy) is 1. The molecule has 1 N–H and O–H groups in total. The van der Waals surface area contributed by atoms with Crippen molar-refractivity contribution in [1.82, 2.24) is 5.32 Å². The van der Waals surface area contributed by atoms with Gasteiger partial charge in [-0.1, -0.05) is 24.3 Å². The molecule has 0 saturated carbocycles. The topological polar surface area (TPSA) is 21.3 Å². The molecule has 2 aromatic rings. The van der Waals surface area contributed by atoms with E-state index in [2.05, 4.69) is 33.4 Å². The predicted octanol–water partition coefficient (Wildman–Crippen LogP) is 3.89. The zero-order valence-corrected chi connectivity index (χ0v) is 12.2. The van der Waals surface area contributed by atoms with Gasteiger partial charge in [0.2, 0.25) is 0 Å². The molecule has 0 aliphatic heterocycles. The number of halogens is 2. The van der Waals surface area contributed by atoms with E-state index >= 15 is 0 Å². The number of nitrogens with one attached hydrogen (secondary N) is 1. The van der Waals surface area contributed by atoms with Crippen molar-refractivity contribution in [3.8, 4) is 5.75 Å². The first-order chi connectivity index (χ1) is 9.19. The van der Waals surface area contributed by atoms with Crippen LogP contribution in [0.25, 0.3) is 0 Å². The van der Waals surface area contributed by atoms with Crippen LogP contribution in [0, 0.1) is 5.82 Å². The normalized spacial score (nSPS) is 10.5. The fourth-order valence-corrected chi connectivity index (χ4v) is 2.05. The molecule has 2 rings (SSSR count). The van der Waals surface area contributed by atoms with Gasteiger partial charge >= 0.3 is 0 Å². The van der Waals surface area contributed by atoms with Crippen LogP contribution in [0.4, 0.5) is 4.39 Å². The van der Waals surface area contributed by atoms with Crippen LogP contribution in [0.2, 0.25) is 0 Å². The van der Waals surface area contributed by atoms with E-state index in [9.17, 15) is 4.39 Å². The quantitative estimate of drug-likeness (QED) is 0.901. The van der Waals surface area contributed by atoms with E-state index < -0.39 is 0 Å². The molecule has 0 atom stereocenters. The Morgan fingerprint density at radius 2 is 1.79 bits per heavy atom. The second-order valence-electron chi connectivity index (χ2n) is 4.21. The zero-order valence-electron chi connectivity index (χ0n) is 10.6. The zero-order chi connectivity index (χ0) is 13.7. The van der Waals surface area contributed by atoms with Gasteiger partial charge in [-0.2, -0.15) is 0 Å². The van der Waals surface area contributed by atoms with Crippen molar-refractivity contribution in [1.29, 1.82) is 0 Å². The Morgan fingerprint density at radius 1 is 1.11 bits per heavy atom. The molecule has 0 bridgehead atoms. The van der Waals surface area contributed by atoms with Crippen molar-refractivity contribution in [2.24, 2.45) is 0 Å². The lowest BCUT2D eigenvalue weighted by atomic mass is 10.1. The molecular formula is C15H15BrFNO. The van der Waals surface area contributed by atoms with Crippen LogP contribution in [-0.2, 0) is 13.2 Å². The molecule has 0 aliphatic carbocycles. The average Bonchev–Trinajstić information content (AvgIpc) is 2.42. The van der Waals surface area contributed by atoms with Gasteiger partial charge in [-0.05, 0) is 52.3 Å². The third kappa shape index (κ3) is 4.04. The molecule has 0 unspecified atom stereocenters. The van der Waals surface area contributed by atoms with Crippen LogP contribution < -0.4 is 10.1 Å². The Kier molecular flexibility index (Phi) is 4.93. The van der Waals surface area contributed by atoms with Crippen molar-refractivity contribution in [2.45, 2.75) is 13.2 Å². The smallest absolute Gasteiger partial charge is 0.137 e. The maximum absolute atomic E-state index is 13.1. The lowest BCUT2D eigenvalue weighted by molar-refractivity contribution is 0.305. The van der Waals surface area contributed by atoms with E-state index in [-0.39, 0.29) is 5.82 Å². The standard InChI is InChI=1S/C15H15BrFNO/c1-18-9-11-2-4-12(5-3-11)10-19-13-6-7-15(17)14(16)8-13/h2-8,18H,9-10H2,1H3. The first kappa shape index (κ1) is 14.0. The van der Waals surface area contributed by atoms with E-state index in [1.807, 2.05) is 19.2 Å². The SMILES string of the molecule is CNCc1ccc(COc2ccc(F)c(Br)c2)cc1. The van der Waals surface area contributed by atoms with Gasteiger partial charge in [-0.15, -0.1) is 0 Å². The Balaban J connectivity index is 1.96. The van der Waals surface area contributed by atoms with Crippen molar-refractivity contribution in [2.75, 3.05) is 7.05 Å². The second-order valence-corrected chi connectivity index (χ2v) is 5.07. The summed E-state index contributed by atoms with van der Waals surface area (Å²) in [6.07, 6.45) is 0. The highest BCUT2D eigenvalue weighted by molar-refractivity contribution is 9.10. The minimum absolute atomic E-state index is 0.288. The van der Waals surface area contributed by atoms with Crippen LogP contribution >= 0.6 is 15.9 Å². The second kappa shape index (κ2) is 6.68. The molecule has 0 spiro atoms. The molecule has 2 aromatic carbocycles. The summed E-state index contributed by atoms with van der Waals surface area (Å²) in [5, 5.41) is 3.10. The molecule has 4 heteroatoms. The van der Waals surface area contributed by atoms with Crippen molar-refractivity contribution < 1.29 is 9.13 Å². The Labute approximate surface area is 120 Å². The lowest BCUT2D eigenvalue weighted by Gasteiger charge is -2.08. The summed E-state index contributed by atoms with van der Waals surface area (Å²) in [7, 11) is 1.92. The number of benzene rings is 2. The number of rotatable bonds is 5. The van der Waals surface area contributed by atoms with Gasteiger partial charge < -0.3 is 10.1 Å². The molecule has 0 amide bonds. The average molecular weight is 324 g/mol. The monoisotopic (exact) mass is 323 g/mol. The van der Waals surface area contributed by atoms with Gasteiger partial charge in [0, 0.05) is 6.54 Å². The summed E-state index contributed by atoms with van der Waals surface area (Å²) in [4.78, 5) is 0. The molecule has 0 heterocycles. The van der Waals surface area contributed by atoms with Gasteiger partial charge in [-0.3, -0.25) is 0 Å². The van der Waals surface area contributed by atoms with E-state index in [1.165, 1.54) is 11.6 Å². The Bertz CT molecular complexity index is 542. The van der Waals surface area contributed by atoms with Crippen LogP contribution in [0.1, 0.15) is 11.1 Å². The summed E-state index contributed by atoms with van der Waals surface area (Å²) in [5.74, 6) is 0.358.